The Hall–Kier alpha value is -3.40. The monoisotopic (exact) mass is 351 g/mol. The summed E-state index contributed by atoms with van der Waals surface area (Å²) in [6.07, 6.45) is 2.32. The lowest BCUT2D eigenvalue weighted by molar-refractivity contribution is -0.126. The van der Waals surface area contributed by atoms with Crippen LogP contribution in [0.25, 0.3) is 0 Å². The van der Waals surface area contributed by atoms with Crippen molar-refractivity contribution in [3.63, 3.8) is 0 Å². The van der Waals surface area contributed by atoms with Gasteiger partial charge in [-0.2, -0.15) is 5.26 Å². The molecule has 2 amide bonds. The molecular formula is C19H21N5O2. The molecule has 0 spiro atoms. The van der Waals surface area contributed by atoms with Crippen LogP contribution in [0.15, 0.2) is 53.1 Å². The third kappa shape index (κ3) is 4.16. The van der Waals surface area contributed by atoms with E-state index in [2.05, 4.69) is 16.9 Å². The summed E-state index contributed by atoms with van der Waals surface area (Å²) < 4.78 is 0. The maximum absolute atomic E-state index is 12.1. The first-order chi connectivity index (χ1) is 12.3. The molecule has 1 aromatic carbocycles. The summed E-state index contributed by atoms with van der Waals surface area (Å²) in [6, 6.07) is 8.68. The van der Waals surface area contributed by atoms with Gasteiger partial charge in [0, 0.05) is 32.4 Å². The largest absolute Gasteiger partial charge is 0.326 e. The number of benzene rings is 1. The number of rotatable bonds is 5. The van der Waals surface area contributed by atoms with Crippen molar-refractivity contribution in [1.29, 1.82) is 5.26 Å². The van der Waals surface area contributed by atoms with Crippen LogP contribution >= 0.6 is 0 Å². The number of hydrogen-bond acceptors (Lipinski definition) is 5. The van der Waals surface area contributed by atoms with E-state index in [1.807, 2.05) is 6.07 Å². The number of carbonyl (C=O) groups is 2. The minimum atomic E-state index is -0.149. The van der Waals surface area contributed by atoms with E-state index in [0.29, 0.717) is 34.9 Å². The highest BCUT2D eigenvalue weighted by molar-refractivity contribution is 5.96. The maximum Gasteiger partial charge on any atom is 0.258 e. The molecule has 0 atom stereocenters. The van der Waals surface area contributed by atoms with Crippen LogP contribution in [-0.4, -0.2) is 41.9 Å². The average molecular weight is 351 g/mol. The first kappa shape index (κ1) is 18.9. The Labute approximate surface area is 152 Å². The number of aliphatic imine (C=N–C) groups is 1. The normalized spacial score (nSPS) is 14.8. The number of anilines is 1. The molecule has 26 heavy (non-hydrogen) atoms. The van der Waals surface area contributed by atoms with Crippen LogP contribution in [0.3, 0.4) is 0 Å². The summed E-state index contributed by atoms with van der Waals surface area (Å²) in [7, 11) is 3.46. The molecule has 0 saturated carbocycles. The van der Waals surface area contributed by atoms with Crippen LogP contribution in [0.4, 0.5) is 5.69 Å². The molecule has 0 unspecified atom stereocenters. The SMILES string of the molecule is C=C1N(C)C(=O)C(C)=C(/N=C\CCC(=O)Nc2ccc(C#N)cc2)N1C. The van der Waals surface area contributed by atoms with Crippen molar-refractivity contribution >= 4 is 23.7 Å². The Morgan fingerprint density at radius 3 is 2.58 bits per heavy atom. The smallest absolute Gasteiger partial charge is 0.258 e. The molecule has 7 nitrogen and oxygen atoms in total. The minimum absolute atomic E-state index is 0.140. The predicted molar refractivity (Wildman–Crippen MR) is 99.9 cm³/mol. The van der Waals surface area contributed by atoms with Crippen molar-refractivity contribution < 1.29 is 9.59 Å². The number of hydrogen-bond donors (Lipinski definition) is 1. The average Bonchev–Trinajstić information content (AvgIpc) is 2.64. The summed E-state index contributed by atoms with van der Waals surface area (Å²) >= 11 is 0. The highest BCUT2D eigenvalue weighted by Crippen LogP contribution is 2.24. The summed E-state index contributed by atoms with van der Waals surface area (Å²) in [4.78, 5) is 31.6. The van der Waals surface area contributed by atoms with Crippen LogP contribution in [0.1, 0.15) is 25.3 Å². The first-order valence-electron chi connectivity index (χ1n) is 8.09. The van der Waals surface area contributed by atoms with Gasteiger partial charge in [-0.3, -0.25) is 14.5 Å². The summed E-state index contributed by atoms with van der Waals surface area (Å²) in [5, 5.41) is 11.5. The van der Waals surface area contributed by atoms with Crippen molar-refractivity contribution in [1.82, 2.24) is 9.80 Å². The van der Waals surface area contributed by atoms with Crippen molar-refractivity contribution in [2.75, 3.05) is 19.4 Å². The van der Waals surface area contributed by atoms with Gasteiger partial charge < -0.3 is 10.2 Å². The molecule has 0 radical (unpaired) electrons. The molecule has 0 bridgehead atoms. The molecule has 1 heterocycles. The standard InChI is InChI=1S/C19H21N5O2/c1-13-18(23(3)14(2)24(4)19(13)26)21-11-5-6-17(25)22-16-9-7-15(12-20)8-10-16/h7-11H,2,5-6H2,1,3-4H3,(H,22,25)/b21-11-. The van der Waals surface area contributed by atoms with Gasteiger partial charge in [-0.25, -0.2) is 4.99 Å². The van der Waals surface area contributed by atoms with Crippen molar-refractivity contribution in [2.24, 2.45) is 4.99 Å². The lowest BCUT2D eigenvalue weighted by Crippen LogP contribution is -2.40. The van der Waals surface area contributed by atoms with Gasteiger partial charge in [0.25, 0.3) is 5.91 Å². The summed E-state index contributed by atoms with van der Waals surface area (Å²) in [6.45, 7) is 5.58. The zero-order valence-corrected chi connectivity index (χ0v) is 15.1. The van der Waals surface area contributed by atoms with Crippen LogP contribution in [0.5, 0.6) is 0 Å². The lowest BCUT2D eigenvalue weighted by atomic mass is 10.2. The van der Waals surface area contributed by atoms with Crippen LogP contribution in [0, 0.1) is 11.3 Å². The van der Waals surface area contributed by atoms with E-state index in [1.165, 1.54) is 4.90 Å². The first-order valence-corrected chi connectivity index (χ1v) is 8.09. The number of likely N-dealkylation sites (N-methyl/N-ethyl adjacent to an activating group) is 1. The molecule has 1 aliphatic heterocycles. The third-order valence-electron chi connectivity index (χ3n) is 4.06. The Morgan fingerprint density at radius 1 is 1.31 bits per heavy atom. The van der Waals surface area contributed by atoms with E-state index in [-0.39, 0.29) is 18.2 Å². The molecule has 134 valence electrons. The number of amides is 2. The van der Waals surface area contributed by atoms with E-state index in [1.54, 1.807) is 56.4 Å². The number of nitrogens with one attached hydrogen (secondary N) is 1. The summed E-state index contributed by atoms with van der Waals surface area (Å²) in [5.41, 5.74) is 1.71. The predicted octanol–water partition coefficient (Wildman–Crippen LogP) is 2.45. The molecule has 0 fully saturated rings. The molecule has 1 aliphatic rings. The Morgan fingerprint density at radius 2 is 1.96 bits per heavy atom. The zero-order chi connectivity index (χ0) is 19.3. The van der Waals surface area contributed by atoms with Crippen molar-refractivity contribution in [3.8, 4) is 6.07 Å². The van der Waals surface area contributed by atoms with E-state index in [4.69, 9.17) is 5.26 Å². The Balaban J connectivity index is 1.92. The summed E-state index contributed by atoms with van der Waals surface area (Å²) in [5.74, 6) is 0.791. The molecule has 0 saturated heterocycles. The van der Waals surface area contributed by atoms with Gasteiger partial charge in [-0.05, 0) is 37.6 Å². The highest BCUT2D eigenvalue weighted by Gasteiger charge is 2.27. The molecule has 1 N–H and O–H groups in total. The van der Waals surface area contributed by atoms with Crippen molar-refractivity contribution in [3.05, 3.63) is 53.6 Å². The minimum Gasteiger partial charge on any atom is -0.326 e. The maximum atomic E-state index is 12.1. The van der Waals surface area contributed by atoms with E-state index >= 15 is 0 Å². The molecule has 1 aromatic rings. The van der Waals surface area contributed by atoms with Gasteiger partial charge in [-0.1, -0.05) is 6.58 Å². The van der Waals surface area contributed by atoms with E-state index < -0.39 is 0 Å². The second kappa shape index (κ2) is 8.12. The number of nitriles is 1. The lowest BCUT2D eigenvalue weighted by Gasteiger charge is -2.34. The van der Waals surface area contributed by atoms with E-state index in [9.17, 15) is 9.59 Å². The number of nitrogens with zero attached hydrogens (tertiary/aromatic N) is 4. The quantitative estimate of drug-likeness (QED) is 0.825. The van der Waals surface area contributed by atoms with Gasteiger partial charge in [-0.15, -0.1) is 0 Å². The molecular weight excluding hydrogens is 330 g/mol. The highest BCUT2D eigenvalue weighted by atomic mass is 16.2. The van der Waals surface area contributed by atoms with Gasteiger partial charge in [0.05, 0.1) is 17.2 Å². The zero-order valence-electron chi connectivity index (χ0n) is 15.1. The van der Waals surface area contributed by atoms with Gasteiger partial charge in [0.15, 0.2) is 0 Å². The Kier molecular flexibility index (Phi) is 5.91. The fourth-order valence-electron chi connectivity index (χ4n) is 2.44. The third-order valence-corrected chi connectivity index (χ3v) is 4.06. The molecule has 0 aromatic heterocycles. The van der Waals surface area contributed by atoms with Crippen LogP contribution < -0.4 is 5.32 Å². The van der Waals surface area contributed by atoms with Gasteiger partial charge in [0.1, 0.15) is 11.6 Å². The molecule has 7 heteroatoms. The second-order valence-electron chi connectivity index (χ2n) is 5.88. The Bertz CT molecular complexity index is 830. The van der Waals surface area contributed by atoms with Crippen LogP contribution in [0.2, 0.25) is 0 Å². The fraction of sp³-hybridized carbons (Fsp3) is 0.263. The second-order valence-corrected chi connectivity index (χ2v) is 5.88. The fourth-order valence-corrected chi connectivity index (χ4v) is 2.44. The topological polar surface area (TPSA) is 88.8 Å². The van der Waals surface area contributed by atoms with Gasteiger partial charge in [0.2, 0.25) is 5.91 Å². The van der Waals surface area contributed by atoms with Gasteiger partial charge >= 0.3 is 0 Å². The molecule has 0 aliphatic carbocycles. The van der Waals surface area contributed by atoms with Crippen molar-refractivity contribution in [2.45, 2.75) is 19.8 Å². The molecule has 2 rings (SSSR count). The van der Waals surface area contributed by atoms with E-state index in [0.717, 1.165) is 0 Å². The number of carbonyl (C=O) groups excluding carboxylic acids is 2. The van der Waals surface area contributed by atoms with Crippen LogP contribution in [-0.2, 0) is 9.59 Å².